The van der Waals surface area contributed by atoms with Crippen LogP contribution in [0.2, 0.25) is 5.02 Å². The number of ether oxygens (including phenoxy) is 1. The maximum absolute atomic E-state index is 11.6. The largest absolute Gasteiger partial charge is 0.482 e. The molecule has 6 heteroatoms. The summed E-state index contributed by atoms with van der Waals surface area (Å²) in [6.45, 7) is -0.150. The lowest BCUT2D eigenvalue weighted by molar-refractivity contribution is -0.118. The van der Waals surface area contributed by atoms with Crippen molar-refractivity contribution in [1.82, 2.24) is 4.98 Å². The molecular formula is C13H12ClN3O2. The number of rotatable bonds is 4. The van der Waals surface area contributed by atoms with E-state index in [1.807, 2.05) is 0 Å². The van der Waals surface area contributed by atoms with Gasteiger partial charge < -0.3 is 15.8 Å². The van der Waals surface area contributed by atoms with Gasteiger partial charge in [-0.3, -0.25) is 4.79 Å². The van der Waals surface area contributed by atoms with Gasteiger partial charge in [0.25, 0.3) is 5.91 Å². The molecule has 98 valence electrons. The van der Waals surface area contributed by atoms with Crippen LogP contribution in [-0.4, -0.2) is 17.5 Å². The summed E-state index contributed by atoms with van der Waals surface area (Å²) in [6.07, 6.45) is 1.51. The maximum Gasteiger partial charge on any atom is 0.263 e. The van der Waals surface area contributed by atoms with E-state index < -0.39 is 0 Å². The summed E-state index contributed by atoms with van der Waals surface area (Å²) in [6, 6.07) is 10.1. The monoisotopic (exact) mass is 277 g/mol. The molecule has 0 aliphatic carbocycles. The molecule has 0 radical (unpaired) electrons. The number of hydrogen-bond acceptors (Lipinski definition) is 4. The molecule has 19 heavy (non-hydrogen) atoms. The van der Waals surface area contributed by atoms with Crippen LogP contribution in [0.3, 0.4) is 0 Å². The van der Waals surface area contributed by atoms with Crippen LogP contribution in [0, 0.1) is 0 Å². The fourth-order valence-corrected chi connectivity index (χ4v) is 1.57. The Balaban J connectivity index is 1.90. The zero-order valence-electron chi connectivity index (χ0n) is 9.97. The van der Waals surface area contributed by atoms with Crippen LogP contribution < -0.4 is 15.8 Å². The molecule has 3 N–H and O–H groups in total. The molecule has 5 nitrogen and oxygen atoms in total. The van der Waals surface area contributed by atoms with Crippen LogP contribution in [-0.2, 0) is 4.79 Å². The lowest BCUT2D eigenvalue weighted by Crippen LogP contribution is -2.21. The van der Waals surface area contributed by atoms with Gasteiger partial charge in [0, 0.05) is 11.2 Å². The second-order valence-corrected chi connectivity index (χ2v) is 4.17. The lowest BCUT2D eigenvalue weighted by Gasteiger charge is -2.08. The molecule has 0 bridgehead atoms. The van der Waals surface area contributed by atoms with Crippen LogP contribution in [0.5, 0.6) is 5.75 Å². The highest BCUT2D eigenvalue weighted by molar-refractivity contribution is 6.30. The third kappa shape index (κ3) is 3.86. The van der Waals surface area contributed by atoms with Crippen LogP contribution in [0.25, 0.3) is 0 Å². The number of nitrogens with zero attached hydrogens (tertiary/aromatic N) is 1. The van der Waals surface area contributed by atoms with Gasteiger partial charge in [0.15, 0.2) is 6.61 Å². The predicted octanol–water partition coefficient (Wildman–Crippen LogP) is 2.33. The number of pyridine rings is 1. The van der Waals surface area contributed by atoms with Gasteiger partial charge in [0.2, 0.25) is 0 Å². The molecule has 1 heterocycles. The number of carbonyl (C=O) groups is 1. The highest BCUT2D eigenvalue weighted by Crippen LogP contribution is 2.19. The van der Waals surface area contributed by atoms with E-state index in [4.69, 9.17) is 22.1 Å². The van der Waals surface area contributed by atoms with E-state index in [2.05, 4.69) is 10.3 Å². The zero-order valence-corrected chi connectivity index (χ0v) is 10.7. The minimum absolute atomic E-state index is 0.150. The number of hydrogen-bond donors (Lipinski definition) is 2. The summed E-state index contributed by atoms with van der Waals surface area (Å²) in [5, 5.41) is 3.07. The Bertz CT molecular complexity index is 590. The molecule has 0 atom stereocenters. The molecule has 0 spiro atoms. The molecule has 0 aliphatic heterocycles. The maximum atomic E-state index is 11.6. The second kappa shape index (κ2) is 6.06. The van der Waals surface area contributed by atoms with Crippen molar-refractivity contribution < 1.29 is 9.53 Å². The van der Waals surface area contributed by atoms with Gasteiger partial charge in [0.1, 0.15) is 11.6 Å². The molecule has 0 unspecified atom stereocenters. The number of benzene rings is 1. The normalized spacial score (nSPS) is 9.95. The Morgan fingerprint density at radius 1 is 1.37 bits per heavy atom. The average Bonchev–Trinajstić information content (AvgIpc) is 2.38. The number of nitrogens with two attached hydrogens (primary N) is 1. The van der Waals surface area contributed by atoms with Crippen LogP contribution in [0.1, 0.15) is 0 Å². The molecule has 0 saturated heterocycles. The van der Waals surface area contributed by atoms with Gasteiger partial charge in [-0.1, -0.05) is 23.7 Å². The van der Waals surface area contributed by atoms with Crippen LogP contribution in [0.15, 0.2) is 42.6 Å². The Morgan fingerprint density at radius 3 is 2.89 bits per heavy atom. The highest BCUT2D eigenvalue weighted by atomic mass is 35.5. The van der Waals surface area contributed by atoms with Crippen molar-refractivity contribution in [3.8, 4) is 5.75 Å². The Labute approximate surface area is 115 Å². The summed E-state index contributed by atoms with van der Waals surface area (Å²) in [4.78, 5) is 15.6. The van der Waals surface area contributed by atoms with E-state index in [0.29, 0.717) is 22.3 Å². The quantitative estimate of drug-likeness (QED) is 0.841. The summed E-state index contributed by atoms with van der Waals surface area (Å²) in [5.41, 5.74) is 6.18. The molecule has 0 saturated carbocycles. The van der Waals surface area contributed by atoms with E-state index in [1.165, 1.54) is 6.20 Å². The Kier molecular flexibility index (Phi) is 4.20. The Hall–Kier alpha value is -2.27. The summed E-state index contributed by atoms with van der Waals surface area (Å²) in [7, 11) is 0. The first-order chi connectivity index (χ1) is 9.15. The number of amides is 1. The van der Waals surface area contributed by atoms with Crippen molar-refractivity contribution in [3.63, 3.8) is 0 Å². The Morgan fingerprint density at radius 2 is 2.16 bits per heavy atom. The minimum atomic E-state index is -0.335. The van der Waals surface area contributed by atoms with Crippen LogP contribution in [0.4, 0.5) is 11.5 Å². The first kappa shape index (κ1) is 13.2. The van der Waals surface area contributed by atoms with Gasteiger partial charge in [-0.2, -0.15) is 0 Å². The first-order valence-electron chi connectivity index (χ1n) is 5.54. The zero-order chi connectivity index (χ0) is 13.7. The average molecular weight is 278 g/mol. The standard InChI is InChI=1S/C13H12ClN3O2/c14-9-5-6-16-12(7-9)17-13(18)8-19-11-4-2-1-3-10(11)15/h1-7H,8,15H2,(H,16,17,18). The van der Waals surface area contributed by atoms with E-state index in [9.17, 15) is 4.79 Å². The predicted molar refractivity (Wildman–Crippen MR) is 74.2 cm³/mol. The number of carbonyl (C=O) groups excluding carboxylic acids is 1. The number of nitrogens with one attached hydrogen (secondary N) is 1. The first-order valence-corrected chi connectivity index (χ1v) is 5.91. The van der Waals surface area contributed by atoms with Gasteiger partial charge in [-0.15, -0.1) is 0 Å². The molecule has 0 fully saturated rings. The van der Waals surface area contributed by atoms with Gasteiger partial charge in [-0.05, 0) is 24.3 Å². The van der Waals surface area contributed by atoms with Gasteiger partial charge >= 0.3 is 0 Å². The molecule has 1 aromatic heterocycles. The number of aromatic nitrogens is 1. The number of para-hydroxylation sites is 2. The molecule has 2 rings (SSSR count). The number of nitrogen functional groups attached to an aromatic ring is 1. The van der Waals surface area contributed by atoms with Crippen molar-refractivity contribution >= 4 is 29.0 Å². The summed E-state index contributed by atoms with van der Waals surface area (Å²) >= 11 is 5.78. The fraction of sp³-hybridized carbons (Fsp3) is 0.0769. The van der Waals surface area contributed by atoms with E-state index >= 15 is 0 Å². The smallest absolute Gasteiger partial charge is 0.263 e. The SMILES string of the molecule is Nc1ccccc1OCC(=O)Nc1cc(Cl)ccn1. The number of halogens is 1. The highest BCUT2D eigenvalue weighted by Gasteiger charge is 2.06. The topological polar surface area (TPSA) is 77.2 Å². The van der Waals surface area contributed by atoms with Crippen molar-refractivity contribution in [2.24, 2.45) is 0 Å². The minimum Gasteiger partial charge on any atom is -0.482 e. The molecule has 2 aromatic rings. The van der Waals surface area contributed by atoms with Gasteiger partial charge in [-0.25, -0.2) is 4.98 Å². The lowest BCUT2D eigenvalue weighted by atomic mass is 10.3. The van der Waals surface area contributed by atoms with Crippen molar-refractivity contribution in [2.45, 2.75) is 0 Å². The summed E-state index contributed by atoms with van der Waals surface area (Å²) in [5.74, 6) is 0.511. The fourth-order valence-electron chi connectivity index (χ4n) is 1.41. The molecule has 0 aliphatic rings. The molecular weight excluding hydrogens is 266 g/mol. The molecule has 1 amide bonds. The van der Waals surface area contributed by atoms with E-state index in [0.717, 1.165) is 0 Å². The van der Waals surface area contributed by atoms with Crippen molar-refractivity contribution in [3.05, 3.63) is 47.6 Å². The third-order valence-electron chi connectivity index (χ3n) is 2.27. The van der Waals surface area contributed by atoms with Crippen molar-refractivity contribution in [1.29, 1.82) is 0 Å². The van der Waals surface area contributed by atoms with E-state index in [1.54, 1.807) is 36.4 Å². The van der Waals surface area contributed by atoms with Crippen LogP contribution >= 0.6 is 11.6 Å². The number of anilines is 2. The summed E-state index contributed by atoms with van der Waals surface area (Å²) < 4.78 is 5.30. The second-order valence-electron chi connectivity index (χ2n) is 3.73. The van der Waals surface area contributed by atoms with Gasteiger partial charge in [0.05, 0.1) is 5.69 Å². The van der Waals surface area contributed by atoms with Crippen molar-refractivity contribution in [2.75, 3.05) is 17.7 Å². The van der Waals surface area contributed by atoms with E-state index in [-0.39, 0.29) is 12.5 Å². The third-order valence-corrected chi connectivity index (χ3v) is 2.50. The molecule has 1 aromatic carbocycles.